The smallest absolute Gasteiger partial charge is 0.238 e. The van der Waals surface area contributed by atoms with E-state index in [0.717, 1.165) is 11.3 Å². The van der Waals surface area contributed by atoms with Crippen LogP contribution in [0.1, 0.15) is 11.3 Å². The van der Waals surface area contributed by atoms with Crippen LogP contribution < -0.4 is 0 Å². The molecule has 0 fully saturated rings. The summed E-state index contributed by atoms with van der Waals surface area (Å²) in [6.07, 6.45) is 1.60. The lowest BCUT2D eigenvalue weighted by atomic mass is 10.2. The Labute approximate surface area is 111 Å². The van der Waals surface area contributed by atoms with Crippen LogP contribution in [0.15, 0.2) is 53.1 Å². The third-order valence-electron chi connectivity index (χ3n) is 2.61. The minimum atomic E-state index is -0.100. The predicted octanol–water partition coefficient (Wildman–Crippen LogP) is 3.05. The number of hydrogen-bond donors (Lipinski definition) is 0. The van der Waals surface area contributed by atoms with E-state index in [2.05, 4.69) is 0 Å². The molecule has 0 aliphatic rings. The van der Waals surface area contributed by atoms with E-state index in [1.165, 1.54) is 0 Å². The molecule has 0 bridgehead atoms. The zero-order valence-electron chi connectivity index (χ0n) is 9.88. The molecule has 0 aliphatic carbocycles. The Morgan fingerprint density at radius 2 is 1.89 bits per heavy atom. The van der Waals surface area contributed by atoms with Crippen molar-refractivity contribution < 1.29 is 9.21 Å². The van der Waals surface area contributed by atoms with E-state index in [-0.39, 0.29) is 11.8 Å². The number of rotatable bonds is 5. The van der Waals surface area contributed by atoms with Crippen LogP contribution in [-0.4, -0.2) is 16.7 Å². The van der Waals surface area contributed by atoms with Crippen LogP contribution in [0.3, 0.4) is 0 Å². The third-order valence-corrected chi connectivity index (χ3v) is 2.84. The number of hydrogen-bond acceptors (Lipinski definition) is 2. The molecule has 0 spiro atoms. The number of nitrogens with zero attached hydrogens (tertiary/aromatic N) is 1. The van der Waals surface area contributed by atoms with Gasteiger partial charge in [0.2, 0.25) is 5.91 Å². The van der Waals surface area contributed by atoms with Gasteiger partial charge in [0.25, 0.3) is 0 Å². The van der Waals surface area contributed by atoms with Crippen LogP contribution in [0.5, 0.6) is 0 Å². The van der Waals surface area contributed by atoms with E-state index in [1.807, 2.05) is 36.4 Å². The lowest BCUT2D eigenvalue weighted by molar-refractivity contribution is -0.130. The molecule has 18 heavy (non-hydrogen) atoms. The SMILES string of the molecule is O=C(CCl)N(Cc1ccccc1)Cc1ccco1. The van der Waals surface area contributed by atoms with E-state index in [9.17, 15) is 4.79 Å². The molecule has 0 atom stereocenters. The standard InChI is InChI=1S/C14H14ClNO2/c15-9-14(17)16(11-13-7-4-8-18-13)10-12-5-2-1-3-6-12/h1-8H,9-11H2. The highest BCUT2D eigenvalue weighted by molar-refractivity contribution is 6.27. The number of benzene rings is 1. The molecule has 2 rings (SSSR count). The minimum absolute atomic E-state index is 0.0203. The van der Waals surface area contributed by atoms with Crippen molar-refractivity contribution in [2.75, 3.05) is 5.88 Å². The van der Waals surface area contributed by atoms with Crippen molar-refractivity contribution in [2.24, 2.45) is 0 Å². The van der Waals surface area contributed by atoms with Gasteiger partial charge in [-0.15, -0.1) is 11.6 Å². The molecule has 94 valence electrons. The summed E-state index contributed by atoms with van der Waals surface area (Å²) in [6.45, 7) is 0.973. The second-order valence-corrected chi connectivity index (χ2v) is 4.22. The summed E-state index contributed by atoms with van der Waals surface area (Å²) in [5, 5.41) is 0. The van der Waals surface area contributed by atoms with E-state index < -0.39 is 0 Å². The lowest BCUT2D eigenvalue weighted by Crippen LogP contribution is -2.30. The number of carbonyl (C=O) groups excluding carboxylic acids is 1. The van der Waals surface area contributed by atoms with Crippen LogP contribution in [0.4, 0.5) is 0 Å². The molecule has 0 saturated carbocycles. The van der Waals surface area contributed by atoms with E-state index in [1.54, 1.807) is 17.2 Å². The summed E-state index contributed by atoms with van der Waals surface area (Å²) in [6, 6.07) is 13.5. The Morgan fingerprint density at radius 1 is 1.11 bits per heavy atom. The van der Waals surface area contributed by atoms with Crippen LogP contribution in [0.25, 0.3) is 0 Å². The lowest BCUT2D eigenvalue weighted by Gasteiger charge is -2.20. The van der Waals surface area contributed by atoms with Gasteiger partial charge in [-0.1, -0.05) is 30.3 Å². The molecule has 1 heterocycles. The topological polar surface area (TPSA) is 33.5 Å². The largest absolute Gasteiger partial charge is 0.467 e. The summed E-state index contributed by atoms with van der Waals surface area (Å²) in [7, 11) is 0. The summed E-state index contributed by atoms with van der Waals surface area (Å²) in [5.74, 6) is 0.634. The van der Waals surface area contributed by atoms with Gasteiger partial charge in [-0.05, 0) is 17.7 Å². The molecule has 0 N–H and O–H groups in total. The third kappa shape index (κ3) is 3.37. The summed E-state index contributed by atoms with van der Waals surface area (Å²) in [4.78, 5) is 13.5. The highest BCUT2D eigenvalue weighted by Gasteiger charge is 2.14. The maximum atomic E-state index is 11.8. The van der Waals surface area contributed by atoms with Crippen molar-refractivity contribution in [3.8, 4) is 0 Å². The Balaban J connectivity index is 2.08. The molecular weight excluding hydrogens is 250 g/mol. The van der Waals surface area contributed by atoms with E-state index in [0.29, 0.717) is 13.1 Å². The van der Waals surface area contributed by atoms with Crippen molar-refractivity contribution in [1.82, 2.24) is 4.90 Å². The number of halogens is 1. The Kier molecular flexibility index (Phi) is 4.42. The van der Waals surface area contributed by atoms with Gasteiger partial charge in [0.05, 0.1) is 12.8 Å². The normalized spacial score (nSPS) is 10.3. The highest BCUT2D eigenvalue weighted by Crippen LogP contribution is 2.11. The van der Waals surface area contributed by atoms with E-state index in [4.69, 9.17) is 16.0 Å². The van der Waals surface area contributed by atoms with Crippen LogP contribution >= 0.6 is 11.6 Å². The molecule has 2 aromatic rings. The average molecular weight is 264 g/mol. The molecule has 3 nitrogen and oxygen atoms in total. The van der Waals surface area contributed by atoms with Gasteiger partial charge in [-0.3, -0.25) is 4.79 Å². The highest BCUT2D eigenvalue weighted by atomic mass is 35.5. The molecule has 0 saturated heterocycles. The minimum Gasteiger partial charge on any atom is -0.467 e. The van der Waals surface area contributed by atoms with Gasteiger partial charge in [0.1, 0.15) is 11.6 Å². The molecule has 0 radical (unpaired) electrons. The fourth-order valence-electron chi connectivity index (χ4n) is 1.71. The molecule has 1 amide bonds. The zero-order chi connectivity index (χ0) is 12.8. The number of alkyl halides is 1. The number of amides is 1. The van der Waals surface area contributed by atoms with Gasteiger partial charge in [-0.2, -0.15) is 0 Å². The van der Waals surface area contributed by atoms with Crippen LogP contribution in [0, 0.1) is 0 Å². The van der Waals surface area contributed by atoms with Gasteiger partial charge in [0.15, 0.2) is 0 Å². The Bertz CT molecular complexity index is 482. The first-order valence-electron chi connectivity index (χ1n) is 5.69. The molecular formula is C14H14ClNO2. The van der Waals surface area contributed by atoms with Crippen LogP contribution in [-0.2, 0) is 17.9 Å². The molecule has 1 aromatic heterocycles. The predicted molar refractivity (Wildman–Crippen MR) is 70.1 cm³/mol. The average Bonchev–Trinajstić information content (AvgIpc) is 2.91. The number of carbonyl (C=O) groups is 1. The van der Waals surface area contributed by atoms with Gasteiger partial charge in [-0.25, -0.2) is 0 Å². The molecule has 1 aromatic carbocycles. The first-order chi connectivity index (χ1) is 8.79. The van der Waals surface area contributed by atoms with Crippen molar-refractivity contribution >= 4 is 17.5 Å². The van der Waals surface area contributed by atoms with Crippen molar-refractivity contribution in [1.29, 1.82) is 0 Å². The summed E-state index contributed by atoms with van der Waals surface area (Å²) in [5.41, 5.74) is 1.07. The Morgan fingerprint density at radius 3 is 2.50 bits per heavy atom. The first kappa shape index (κ1) is 12.7. The van der Waals surface area contributed by atoms with Crippen molar-refractivity contribution in [3.05, 3.63) is 60.1 Å². The van der Waals surface area contributed by atoms with Gasteiger partial charge in [0, 0.05) is 6.54 Å². The zero-order valence-corrected chi connectivity index (χ0v) is 10.6. The monoisotopic (exact) mass is 263 g/mol. The van der Waals surface area contributed by atoms with E-state index >= 15 is 0 Å². The Hall–Kier alpha value is -1.74. The molecule has 0 unspecified atom stereocenters. The second kappa shape index (κ2) is 6.26. The van der Waals surface area contributed by atoms with Gasteiger partial charge < -0.3 is 9.32 Å². The summed E-state index contributed by atoms with van der Waals surface area (Å²) >= 11 is 5.63. The maximum Gasteiger partial charge on any atom is 0.238 e. The summed E-state index contributed by atoms with van der Waals surface area (Å²) < 4.78 is 5.26. The van der Waals surface area contributed by atoms with Gasteiger partial charge >= 0.3 is 0 Å². The second-order valence-electron chi connectivity index (χ2n) is 3.95. The number of furan rings is 1. The van der Waals surface area contributed by atoms with Crippen molar-refractivity contribution in [2.45, 2.75) is 13.1 Å². The molecule has 0 aliphatic heterocycles. The fourth-order valence-corrected chi connectivity index (χ4v) is 1.88. The van der Waals surface area contributed by atoms with Crippen molar-refractivity contribution in [3.63, 3.8) is 0 Å². The molecule has 4 heteroatoms. The maximum absolute atomic E-state index is 11.8. The quantitative estimate of drug-likeness (QED) is 0.777. The van der Waals surface area contributed by atoms with Crippen LogP contribution in [0.2, 0.25) is 0 Å². The fraction of sp³-hybridized carbons (Fsp3) is 0.214. The first-order valence-corrected chi connectivity index (χ1v) is 6.23.